The van der Waals surface area contributed by atoms with E-state index in [-0.39, 0.29) is 0 Å². The highest BCUT2D eigenvalue weighted by atomic mass is 15.1. The number of fused-ring (bicyclic) bond motifs is 1. The molecule has 2 nitrogen and oxygen atoms in total. The lowest BCUT2D eigenvalue weighted by atomic mass is 9.87. The molecule has 0 saturated carbocycles. The van der Waals surface area contributed by atoms with Crippen LogP contribution in [0.15, 0.2) is 206 Å². The van der Waals surface area contributed by atoms with Crippen molar-refractivity contribution in [1.29, 1.82) is 0 Å². The molecular weight excluding hydrogens is 629 g/mol. The van der Waals surface area contributed by atoms with Crippen molar-refractivity contribution < 1.29 is 0 Å². The normalized spacial score (nSPS) is 11.5. The molecular formula is C50H34N2. The van der Waals surface area contributed by atoms with Crippen molar-refractivity contribution in [2.75, 3.05) is 9.80 Å². The van der Waals surface area contributed by atoms with Gasteiger partial charge in [-0.05, 0) is 105 Å². The van der Waals surface area contributed by atoms with Crippen LogP contribution in [0.4, 0.5) is 34.1 Å². The molecule has 2 heteroatoms. The summed E-state index contributed by atoms with van der Waals surface area (Å²) in [4.78, 5) is 4.80. The van der Waals surface area contributed by atoms with E-state index < -0.39 is 0 Å². The molecule has 52 heavy (non-hydrogen) atoms. The monoisotopic (exact) mass is 662 g/mol. The second-order valence-electron chi connectivity index (χ2n) is 13.3. The van der Waals surface area contributed by atoms with Gasteiger partial charge in [0.15, 0.2) is 0 Å². The van der Waals surface area contributed by atoms with Gasteiger partial charge in [-0.1, -0.05) is 140 Å². The number of hydrogen-bond donors (Lipinski definition) is 0. The van der Waals surface area contributed by atoms with E-state index in [0.29, 0.717) is 0 Å². The highest BCUT2D eigenvalue weighted by Crippen LogP contribution is 2.50. The highest BCUT2D eigenvalue weighted by Gasteiger charge is 2.23. The van der Waals surface area contributed by atoms with Crippen LogP contribution in [-0.2, 0) is 0 Å². The van der Waals surface area contributed by atoms with Crippen LogP contribution < -0.4 is 9.80 Å². The van der Waals surface area contributed by atoms with Crippen molar-refractivity contribution in [3.63, 3.8) is 0 Å². The van der Waals surface area contributed by atoms with Gasteiger partial charge in [0.05, 0.1) is 11.4 Å². The second kappa shape index (κ2) is 12.5. The van der Waals surface area contributed by atoms with Crippen LogP contribution in [-0.4, -0.2) is 0 Å². The van der Waals surface area contributed by atoms with Gasteiger partial charge in [0.1, 0.15) is 0 Å². The van der Waals surface area contributed by atoms with Crippen LogP contribution in [0.5, 0.6) is 0 Å². The SMILES string of the molecule is c1ccc(N(c2ccccc2)c2ccc3ccc4c(N(c5ccccc5)c5ccccc5)cc(-c5ccc6ccccc6c5)c5ccc2c3c54)cc1. The van der Waals surface area contributed by atoms with Gasteiger partial charge in [-0.3, -0.25) is 0 Å². The minimum Gasteiger partial charge on any atom is -0.310 e. The summed E-state index contributed by atoms with van der Waals surface area (Å²) < 4.78 is 0. The molecule has 0 aliphatic rings. The van der Waals surface area contributed by atoms with Crippen molar-refractivity contribution in [2.45, 2.75) is 0 Å². The molecule has 0 spiro atoms. The van der Waals surface area contributed by atoms with E-state index in [9.17, 15) is 0 Å². The molecule has 244 valence electrons. The fourth-order valence-corrected chi connectivity index (χ4v) is 8.00. The van der Waals surface area contributed by atoms with Crippen LogP contribution >= 0.6 is 0 Å². The van der Waals surface area contributed by atoms with Gasteiger partial charge in [-0.15, -0.1) is 0 Å². The Labute approximate surface area is 303 Å². The predicted molar refractivity (Wildman–Crippen MR) is 222 cm³/mol. The summed E-state index contributed by atoms with van der Waals surface area (Å²) in [6.45, 7) is 0. The van der Waals surface area contributed by atoms with Gasteiger partial charge in [0, 0.05) is 38.9 Å². The van der Waals surface area contributed by atoms with Crippen LogP contribution in [0.2, 0.25) is 0 Å². The molecule has 0 aliphatic carbocycles. The van der Waals surface area contributed by atoms with E-state index in [0.717, 1.165) is 34.1 Å². The Morgan fingerprint density at radius 2 is 0.712 bits per heavy atom. The van der Waals surface area contributed by atoms with Gasteiger partial charge in [-0.2, -0.15) is 0 Å². The zero-order valence-corrected chi connectivity index (χ0v) is 28.5. The molecule has 0 unspecified atom stereocenters. The predicted octanol–water partition coefficient (Wildman–Crippen LogP) is 14.3. The Kier molecular flexibility index (Phi) is 7.18. The summed E-state index contributed by atoms with van der Waals surface area (Å²) >= 11 is 0. The van der Waals surface area contributed by atoms with E-state index in [1.54, 1.807) is 0 Å². The molecule has 0 aromatic heterocycles. The molecule has 10 aromatic carbocycles. The number of nitrogens with zero attached hydrogens (tertiary/aromatic N) is 2. The molecule has 0 bridgehead atoms. The first-order valence-corrected chi connectivity index (χ1v) is 17.9. The Morgan fingerprint density at radius 3 is 1.31 bits per heavy atom. The third-order valence-corrected chi connectivity index (χ3v) is 10.3. The average Bonchev–Trinajstić information content (AvgIpc) is 3.22. The topological polar surface area (TPSA) is 6.48 Å². The van der Waals surface area contributed by atoms with Crippen LogP contribution in [0.1, 0.15) is 0 Å². The zero-order chi connectivity index (χ0) is 34.4. The van der Waals surface area contributed by atoms with Gasteiger partial charge in [-0.25, -0.2) is 0 Å². The Balaban J connectivity index is 1.33. The molecule has 0 fully saturated rings. The summed E-state index contributed by atoms with van der Waals surface area (Å²) in [5.41, 5.74) is 9.21. The number of anilines is 6. The number of rotatable bonds is 7. The number of para-hydroxylation sites is 4. The Hall–Kier alpha value is -6.90. The maximum atomic E-state index is 2.41. The minimum absolute atomic E-state index is 1.12. The highest BCUT2D eigenvalue weighted by molar-refractivity contribution is 6.30. The number of benzene rings is 10. The lowest BCUT2D eigenvalue weighted by Gasteiger charge is -2.30. The maximum Gasteiger partial charge on any atom is 0.0546 e. The van der Waals surface area contributed by atoms with E-state index >= 15 is 0 Å². The third-order valence-electron chi connectivity index (χ3n) is 10.3. The molecule has 0 radical (unpaired) electrons. The summed E-state index contributed by atoms with van der Waals surface area (Å²) in [6.07, 6.45) is 0. The molecule has 10 aromatic rings. The van der Waals surface area contributed by atoms with Gasteiger partial charge in [0.2, 0.25) is 0 Å². The maximum absolute atomic E-state index is 2.41. The lowest BCUT2D eigenvalue weighted by Crippen LogP contribution is -2.11. The van der Waals surface area contributed by atoms with Crippen LogP contribution in [0.25, 0.3) is 54.2 Å². The number of hydrogen-bond acceptors (Lipinski definition) is 2. The molecule has 0 saturated heterocycles. The van der Waals surface area contributed by atoms with Crippen molar-refractivity contribution in [3.05, 3.63) is 206 Å². The van der Waals surface area contributed by atoms with E-state index in [4.69, 9.17) is 0 Å². The Bertz CT molecular complexity index is 2750. The summed E-state index contributed by atoms with van der Waals surface area (Å²) in [5, 5.41) is 9.93. The second-order valence-corrected chi connectivity index (χ2v) is 13.3. The van der Waals surface area contributed by atoms with Crippen LogP contribution in [0, 0.1) is 0 Å². The van der Waals surface area contributed by atoms with E-state index in [1.807, 2.05) is 0 Å². The standard InChI is InChI=1S/C50H34N2/c1-5-17-39(18-6-1)51(40-19-7-2-8-20-40)47-32-28-36-27-29-45-48(52(41-21-9-3-10-22-41)42-23-11-4-12-24-42)34-46(43-30-31-44(47)49(36)50(43)45)38-26-25-35-15-13-14-16-37(35)33-38/h1-34H. The fraction of sp³-hybridized carbons (Fsp3) is 0. The van der Waals surface area contributed by atoms with Crippen molar-refractivity contribution in [1.82, 2.24) is 0 Å². The Morgan fingerprint density at radius 1 is 0.269 bits per heavy atom. The van der Waals surface area contributed by atoms with Gasteiger partial charge < -0.3 is 9.80 Å². The lowest BCUT2D eigenvalue weighted by molar-refractivity contribution is 1.30. The van der Waals surface area contributed by atoms with Crippen molar-refractivity contribution in [2.24, 2.45) is 0 Å². The molecule has 0 atom stereocenters. The van der Waals surface area contributed by atoms with Gasteiger partial charge >= 0.3 is 0 Å². The third kappa shape index (κ3) is 4.96. The first-order chi connectivity index (χ1) is 25.8. The first kappa shape index (κ1) is 30.0. The largest absolute Gasteiger partial charge is 0.310 e. The average molecular weight is 663 g/mol. The molecule has 0 heterocycles. The minimum atomic E-state index is 1.12. The van der Waals surface area contributed by atoms with Crippen molar-refractivity contribution in [3.8, 4) is 11.1 Å². The summed E-state index contributed by atoms with van der Waals surface area (Å²) in [6, 6.07) is 74.7. The van der Waals surface area contributed by atoms with Gasteiger partial charge in [0.25, 0.3) is 0 Å². The van der Waals surface area contributed by atoms with E-state index in [1.165, 1.54) is 54.2 Å². The smallest absolute Gasteiger partial charge is 0.0546 e. The van der Waals surface area contributed by atoms with Crippen LogP contribution in [0.3, 0.4) is 0 Å². The molecule has 0 aliphatic heterocycles. The summed E-state index contributed by atoms with van der Waals surface area (Å²) in [7, 11) is 0. The molecule has 10 rings (SSSR count). The molecule has 0 N–H and O–H groups in total. The van der Waals surface area contributed by atoms with E-state index in [2.05, 4.69) is 216 Å². The first-order valence-electron chi connectivity index (χ1n) is 17.9. The molecule has 0 amide bonds. The fourth-order valence-electron chi connectivity index (χ4n) is 8.00. The quantitative estimate of drug-likeness (QED) is 0.157. The summed E-state index contributed by atoms with van der Waals surface area (Å²) in [5.74, 6) is 0. The van der Waals surface area contributed by atoms with Crippen molar-refractivity contribution >= 4 is 77.2 Å². The zero-order valence-electron chi connectivity index (χ0n) is 28.5.